The van der Waals surface area contributed by atoms with E-state index in [9.17, 15) is 4.39 Å². The van der Waals surface area contributed by atoms with Crippen molar-refractivity contribution in [3.05, 3.63) is 107 Å². The number of rotatable bonds is 6. The van der Waals surface area contributed by atoms with E-state index in [0.717, 1.165) is 28.0 Å². The molecule has 0 bridgehead atoms. The van der Waals surface area contributed by atoms with Crippen molar-refractivity contribution in [1.29, 1.82) is 0 Å². The maximum atomic E-state index is 13.4. The summed E-state index contributed by atoms with van der Waals surface area (Å²) in [6.45, 7) is 2.11. The van der Waals surface area contributed by atoms with Crippen molar-refractivity contribution in [1.82, 2.24) is 14.8 Å². The average Bonchev–Trinajstić information content (AvgIpc) is 3.11. The van der Waals surface area contributed by atoms with Crippen molar-refractivity contribution >= 4 is 11.8 Å². The van der Waals surface area contributed by atoms with Gasteiger partial charge >= 0.3 is 0 Å². The molecule has 1 heterocycles. The van der Waals surface area contributed by atoms with Gasteiger partial charge in [-0.2, -0.15) is 0 Å². The molecule has 0 fully saturated rings. The largest absolute Gasteiger partial charge is 0.274 e. The van der Waals surface area contributed by atoms with Crippen LogP contribution in [0.25, 0.3) is 5.69 Å². The minimum atomic E-state index is -0.254. The molecule has 0 spiro atoms. The first kappa shape index (κ1) is 18.4. The Morgan fingerprint density at radius 2 is 1.57 bits per heavy atom. The third kappa shape index (κ3) is 4.15. The van der Waals surface area contributed by atoms with Gasteiger partial charge in [0.25, 0.3) is 0 Å². The van der Waals surface area contributed by atoms with E-state index in [1.54, 1.807) is 23.9 Å². The van der Waals surface area contributed by atoms with Crippen LogP contribution in [0.5, 0.6) is 0 Å². The lowest BCUT2D eigenvalue weighted by Crippen LogP contribution is -2.04. The Morgan fingerprint density at radius 3 is 2.32 bits per heavy atom. The highest BCUT2D eigenvalue weighted by molar-refractivity contribution is 7.98. The van der Waals surface area contributed by atoms with Crippen molar-refractivity contribution in [3.8, 4) is 5.69 Å². The first-order chi connectivity index (χ1) is 13.7. The molecule has 0 aliphatic rings. The Morgan fingerprint density at radius 1 is 0.857 bits per heavy atom. The highest BCUT2D eigenvalue weighted by atomic mass is 32.2. The maximum Gasteiger partial charge on any atom is 0.196 e. The van der Waals surface area contributed by atoms with E-state index in [0.29, 0.717) is 6.42 Å². The third-order valence-corrected chi connectivity index (χ3v) is 5.59. The molecule has 0 radical (unpaired) electrons. The standard InChI is InChI=1S/C23H20FN3S/c1-17-7-5-6-10-19(17)16-28-23-26-25-22(15-18-8-3-2-4-9-18)27(23)21-13-11-20(24)12-14-21/h2-14H,15-16H2,1H3. The van der Waals surface area contributed by atoms with Crippen LogP contribution >= 0.6 is 11.8 Å². The number of thioether (sulfide) groups is 1. The molecule has 0 aliphatic heterocycles. The van der Waals surface area contributed by atoms with Crippen molar-refractivity contribution in [2.45, 2.75) is 24.3 Å². The normalized spacial score (nSPS) is 10.9. The molecule has 3 nitrogen and oxygen atoms in total. The highest BCUT2D eigenvalue weighted by Crippen LogP contribution is 2.27. The number of nitrogens with zero attached hydrogens (tertiary/aromatic N) is 3. The Labute approximate surface area is 168 Å². The number of benzene rings is 3. The van der Waals surface area contributed by atoms with E-state index in [1.165, 1.54) is 23.3 Å². The second kappa shape index (κ2) is 8.40. The first-order valence-electron chi connectivity index (χ1n) is 9.12. The van der Waals surface area contributed by atoms with Gasteiger partial charge in [-0.05, 0) is 47.9 Å². The Balaban J connectivity index is 1.67. The summed E-state index contributed by atoms with van der Waals surface area (Å²) >= 11 is 1.64. The minimum Gasteiger partial charge on any atom is -0.274 e. The molecule has 0 unspecified atom stereocenters. The Kier molecular flexibility index (Phi) is 5.53. The molecule has 0 amide bonds. The minimum absolute atomic E-state index is 0.254. The monoisotopic (exact) mass is 389 g/mol. The van der Waals surface area contributed by atoms with Gasteiger partial charge in [-0.3, -0.25) is 4.57 Å². The van der Waals surface area contributed by atoms with E-state index >= 15 is 0 Å². The number of hydrogen-bond acceptors (Lipinski definition) is 3. The Hall–Kier alpha value is -2.92. The van der Waals surface area contributed by atoms with Gasteiger partial charge in [0, 0.05) is 17.9 Å². The number of aromatic nitrogens is 3. The van der Waals surface area contributed by atoms with E-state index in [1.807, 2.05) is 28.8 Å². The van der Waals surface area contributed by atoms with E-state index in [4.69, 9.17) is 0 Å². The fourth-order valence-corrected chi connectivity index (χ4v) is 4.10. The van der Waals surface area contributed by atoms with Gasteiger partial charge in [-0.25, -0.2) is 4.39 Å². The summed E-state index contributed by atoms with van der Waals surface area (Å²) in [5.74, 6) is 1.39. The van der Waals surface area contributed by atoms with E-state index in [2.05, 4.69) is 47.5 Å². The van der Waals surface area contributed by atoms with Gasteiger partial charge in [0.05, 0.1) is 0 Å². The van der Waals surface area contributed by atoms with Gasteiger partial charge in [0.2, 0.25) is 0 Å². The lowest BCUT2D eigenvalue weighted by atomic mass is 10.1. The van der Waals surface area contributed by atoms with Crippen LogP contribution in [0.15, 0.2) is 84.0 Å². The molecular formula is C23H20FN3S. The summed E-state index contributed by atoms with van der Waals surface area (Å²) in [7, 11) is 0. The van der Waals surface area contributed by atoms with E-state index < -0.39 is 0 Å². The molecule has 0 saturated heterocycles. The maximum absolute atomic E-state index is 13.4. The van der Waals surface area contributed by atoms with Crippen molar-refractivity contribution in [2.24, 2.45) is 0 Å². The fourth-order valence-electron chi connectivity index (χ4n) is 3.05. The molecule has 0 saturated carbocycles. The lowest BCUT2D eigenvalue weighted by molar-refractivity contribution is 0.627. The summed E-state index contributed by atoms with van der Waals surface area (Å²) in [5, 5.41) is 9.69. The summed E-state index contributed by atoms with van der Waals surface area (Å²) in [5.41, 5.74) is 4.55. The first-order valence-corrected chi connectivity index (χ1v) is 10.1. The zero-order valence-electron chi connectivity index (χ0n) is 15.5. The van der Waals surface area contributed by atoms with Crippen LogP contribution in [0.3, 0.4) is 0 Å². The SMILES string of the molecule is Cc1ccccc1CSc1nnc(Cc2ccccc2)n1-c1ccc(F)cc1. The number of aryl methyl sites for hydroxylation is 1. The van der Waals surface area contributed by atoms with Crippen LogP contribution in [0.2, 0.25) is 0 Å². The smallest absolute Gasteiger partial charge is 0.196 e. The average molecular weight is 389 g/mol. The molecule has 4 rings (SSSR count). The van der Waals surface area contributed by atoms with Crippen LogP contribution in [-0.4, -0.2) is 14.8 Å². The van der Waals surface area contributed by atoms with Crippen molar-refractivity contribution in [2.75, 3.05) is 0 Å². The number of halogens is 1. The second-order valence-corrected chi connectivity index (χ2v) is 7.53. The Bertz CT molecular complexity index is 1060. The van der Waals surface area contributed by atoms with Crippen LogP contribution in [-0.2, 0) is 12.2 Å². The molecule has 1 aromatic heterocycles. The molecule has 140 valence electrons. The van der Waals surface area contributed by atoms with Gasteiger partial charge in [-0.15, -0.1) is 10.2 Å². The molecule has 3 aromatic carbocycles. The molecule has 0 atom stereocenters. The van der Waals surface area contributed by atoms with Gasteiger partial charge in [-0.1, -0.05) is 66.4 Å². The topological polar surface area (TPSA) is 30.7 Å². The molecule has 4 aromatic rings. The highest BCUT2D eigenvalue weighted by Gasteiger charge is 2.15. The summed E-state index contributed by atoms with van der Waals surface area (Å²) in [6.07, 6.45) is 0.663. The third-order valence-electron chi connectivity index (χ3n) is 4.61. The van der Waals surface area contributed by atoms with Crippen LogP contribution in [0, 0.1) is 12.7 Å². The van der Waals surface area contributed by atoms with Gasteiger partial charge in [0.1, 0.15) is 11.6 Å². The van der Waals surface area contributed by atoms with Gasteiger partial charge < -0.3 is 0 Å². The predicted octanol–water partition coefficient (Wildman–Crippen LogP) is 5.60. The quantitative estimate of drug-likeness (QED) is 0.402. The van der Waals surface area contributed by atoms with Crippen molar-refractivity contribution in [3.63, 3.8) is 0 Å². The predicted molar refractivity (Wildman–Crippen MR) is 111 cm³/mol. The molecule has 0 aliphatic carbocycles. The zero-order chi connectivity index (χ0) is 19.3. The molecule has 5 heteroatoms. The fraction of sp³-hybridized carbons (Fsp3) is 0.130. The summed E-state index contributed by atoms with van der Waals surface area (Å²) < 4.78 is 15.5. The second-order valence-electron chi connectivity index (χ2n) is 6.59. The summed E-state index contributed by atoms with van der Waals surface area (Å²) in [6, 6.07) is 25.0. The molecule has 0 N–H and O–H groups in total. The lowest BCUT2D eigenvalue weighted by Gasteiger charge is -2.11. The zero-order valence-corrected chi connectivity index (χ0v) is 16.4. The van der Waals surface area contributed by atoms with Gasteiger partial charge in [0.15, 0.2) is 5.16 Å². The van der Waals surface area contributed by atoms with Crippen molar-refractivity contribution < 1.29 is 4.39 Å². The van der Waals surface area contributed by atoms with E-state index in [-0.39, 0.29) is 5.82 Å². The number of hydrogen-bond donors (Lipinski definition) is 0. The molecular weight excluding hydrogens is 369 g/mol. The van der Waals surface area contributed by atoms with Crippen LogP contribution in [0.1, 0.15) is 22.5 Å². The van der Waals surface area contributed by atoms with Crippen LogP contribution in [0.4, 0.5) is 4.39 Å². The summed E-state index contributed by atoms with van der Waals surface area (Å²) in [4.78, 5) is 0. The molecule has 28 heavy (non-hydrogen) atoms. The van der Waals surface area contributed by atoms with Crippen LogP contribution < -0.4 is 0 Å².